The number of carboxylic acids is 2. The van der Waals surface area contributed by atoms with Crippen LogP contribution in [0.3, 0.4) is 0 Å². The first-order chi connectivity index (χ1) is 5.82. The molecule has 4 heteroatoms. The van der Waals surface area contributed by atoms with Gasteiger partial charge in [-0.1, -0.05) is 13.2 Å². The van der Waals surface area contributed by atoms with Crippen LogP contribution in [0.5, 0.6) is 0 Å². The van der Waals surface area contributed by atoms with Crippen molar-refractivity contribution in [2.75, 3.05) is 0 Å². The molecule has 4 nitrogen and oxygen atoms in total. The molecule has 0 atom stereocenters. The van der Waals surface area contributed by atoms with E-state index in [1.54, 1.807) is 0 Å². The molecule has 0 unspecified atom stereocenters. The van der Waals surface area contributed by atoms with E-state index in [2.05, 4.69) is 18.9 Å². The van der Waals surface area contributed by atoms with Gasteiger partial charge in [0.25, 0.3) is 0 Å². The van der Waals surface area contributed by atoms with Crippen LogP contribution in [0.4, 0.5) is 0 Å². The van der Waals surface area contributed by atoms with E-state index >= 15 is 0 Å². The van der Waals surface area contributed by atoms with Crippen molar-refractivity contribution in [1.29, 1.82) is 0 Å². The van der Waals surface area contributed by atoms with Gasteiger partial charge in [0.15, 0.2) is 0 Å². The Morgan fingerprint density at radius 2 is 1.46 bits per heavy atom. The van der Waals surface area contributed by atoms with E-state index in [0.717, 1.165) is 0 Å². The lowest BCUT2D eigenvalue weighted by molar-refractivity contribution is -0.133. The maximum atomic E-state index is 9.79. The van der Waals surface area contributed by atoms with Crippen LogP contribution in [0.25, 0.3) is 0 Å². The molecular formula is C9H12O4. The smallest absolute Gasteiger partial charge is 0.339 e. The van der Waals surface area contributed by atoms with Crippen molar-refractivity contribution in [2.24, 2.45) is 0 Å². The lowest BCUT2D eigenvalue weighted by atomic mass is 10.3. The fourth-order valence-corrected chi connectivity index (χ4v) is 0.0756. The van der Waals surface area contributed by atoms with E-state index in [9.17, 15) is 9.59 Å². The molecule has 0 aliphatic heterocycles. The molecule has 0 aliphatic rings. The van der Waals surface area contributed by atoms with Crippen LogP contribution in [0, 0.1) is 0 Å². The fraction of sp³-hybridized carbons (Fsp3) is 0.222. The average molecular weight is 184 g/mol. The van der Waals surface area contributed by atoms with E-state index in [1.807, 2.05) is 0 Å². The predicted molar refractivity (Wildman–Crippen MR) is 48.4 cm³/mol. The molecule has 13 heavy (non-hydrogen) atoms. The second kappa shape index (κ2) is 6.88. The Kier molecular flexibility index (Phi) is 7.29. The van der Waals surface area contributed by atoms with E-state index < -0.39 is 11.9 Å². The molecule has 0 aromatic rings. The monoisotopic (exact) mass is 184 g/mol. The Hall–Kier alpha value is -1.80. The molecule has 0 spiro atoms. The third kappa shape index (κ3) is 10.2. The summed E-state index contributed by atoms with van der Waals surface area (Å²) >= 11 is 0. The van der Waals surface area contributed by atoms with Crippen molar-refractivity contribution in [1.82, 2.24) is 0 Å². The third-order valence-corrected chi connectivity index (χ3v) is 0.951. The number of hydrogen-bond donors (Lipinski definition) is 2. The molecule has 72 valence electrons. The fourth-order valence-electron chi connectivity index (χ4n) is 0.0756. The highest BCUT2D eigenvalue weighted by atomic mass is 16.4. The van der Waals surface area contributed by atoms with E-state index in [0.29, 0.717) is 0 Å². The van der Waals surface area contributed by atoms with Gasteiger partial charge in [0.05, 0.1) is 5.57 Å². The summed E-state index contributed by atoms with van der Waals surface area (Å²) in [4.78, 5) is 19.4. The quantitative estimate of drug-likeness (QED) is 0.503. The van der Waals surface area contributed by atoms with Crippen LogP contribution in [-0.2, 0) is 9.59 Å². The summed E-state index contributed by atoms with van der Waals surface area (Å²) in [5.74, 6) is -1.90. The Morgan fingerprint density at radius 1 is 1.15 bits per heavy atom. The van der Waals surface area contributed by atoms with Crippen LogP contribution in [0.2, 0.25) is 0 Å². The zero-order valence-electron chi connectivity index (χ0n) is 7.63. The molecule has 0 aromatic heterocycles. The van der Waals surface area contributed by atoms with Crippen molar-refractivity contribution in [3.63, 3.8) is 0 Å². The lowest BCUT2D eigenvalue weighted by Crippen LogP contribution is -1.92. The van der Waals surface area contributed by atoms with E-state index in [4.69, 9.17) is 10.2 Å². The van der Waals surface area contributed by atoms with Gasteiger partial charge in [0, 0.05) is 5.57 Å². The number of hydrogen-bond acceptors (Lipinski definition) is 2. The maximum absolute atomic E-state index is 9.79. The van der Waals surface area contributed by atoms with Crippen LogP contribution in [-0.4, -0.2) is 22.2 Å². The highest BCUT2D eigenvalue weighted by molar-refractivity contribution is 5.85. The molecule has 0 saturated carbocycles. The van der Waals surface area contributed by atoms with Crippen molar-refractivity contribution >= 4 is 11.9 Å². The first-order valence-corrected chi connectivity index (χ1v) is 3.31. The number of carboxylic acid groups (broad SMARTS) is 2. The molecule has 0 saturated heterocycles. The van der Waals surface area contributed by atoms with Crippen LogP contribution < -0.4 is 0 Å². The second-order valence-electron chi connectivity index (χ2n) is 2.19. The average Bonchev–Trinajstić information content (AvgIpc) is 2.03. The maximum Gasteiger partial charge on any atom is 0.339 e. The number of aliphatic carboxylic acids is 2. The Bertz CT molecular complexity index is 257. The van der Waals surface area contributed by atoms with Crippen molar-refractivity contribution in [2.45, 2.75) is 13.8 Å². The van der Waals surface area contributed by atoms with Crippen LogP contribution in [0.1, 0.15) is 13.8 Å². The summed E-state index contributed by atoms with van der Waals surface area (Å²) in [5.41, 5.74) is 2.56. The zero-order chi connectivity index (χ0) is 11.0. The second-order valence-corrected chi connectivity index (χ2v) is 2.19. The summed E-state index contributed by atoms with van der Waals surface area (Å²) in [6.07, 6.45) is 0. The molecule has 0 aromatic carbocycles. The first kappa shape index (κ1) is 13.8. The van der Waals surface area contributed by atoms with Gasteiger partial charge in [0.2, 0.25) is 0 Å². The summed E-state index contributed by atoms with van der Waals surface area (Å²) in [6, 6.07) is 0. The molecule has 2 N–H and O–H groups in total. The van der Waals surface area contributed by atoms with Gasteiger partial charge in [-0.2, -0.15) is 0 Å². The summed E-state index contributed by atoms with van der Waals surface area (Å²) in [7, 11) is 0. The molecule has 0 rings (SSSR count). The Labute approximate surface area is 76.5 Å². The Morgan fingerprint density at radius 3 is 1.46 bits per heavy atom. The van der Waals surface area contributed by atoms with Crippen LogP contribution in [0.15, 0.2) is 30.0 Å². The largest absolute Gasteiger partial charge is 0.478 e. The molecule has 0 amide bonds. The minimum Gasteiger partial charge on any atom is -0.478 e. The molecule has 0 aliphatic carbocycles. The minimum absolute atomic E-state index is 0.153. The third-order valence-electron chi connectivity index (χ3n) is 0.951. The van der Waals surface area contributed by atoms with Gasteiger partial charge in [-0.3, -0.25) is 0 Å². The van der Waals surface area contributed by atoms with E-state index in [-0.39, 0.29) is 11.1 Å². The summed E-state index contributed by atoms with van der Waals surface area (Å²) in [5, 5.41) is 15.9. The molecule has 0 radical (unpaired) electrons. The molecular weight excluding hydrogens is 172 g/mol. The number of rotatable bonds is 2. The minimum atomic E-state index is -0.963. The topological polar surface area (TPSA) is 74.6 Å². The predicted octanol–water partition coefficient (Wildman–Crippen LogP) is 1.45. The zero-order valence-corrected chi connectivity index (χ0v) is 7.63. The first-order valence-electron chi connectivity index (χ1n) is 3.31. The standard InChI is InChI=1S/C5H6O2.C4H6O2/c1-3-4(2)5(6)7;1-3(2)4(5)6/h1H2,2H3,(H,6,7);1H2,2H3,(H,5,6). The van der Waals surface area contributed by atoms with E-state index in [1.165, 1.54) is 13.8 Å². The molecule has 0 heterocycles. The summed E-state index contributed by atoms with van der Waals surface area (Å²) in [6.45, 7) is 9.18. The summed E-state index contributed by atoms with van der Waals surface area (Å²) < 4.78 is 0. The highest BCUT2D eigenvalue weighted by Crippen LogP contribution is 1.84. The molecule has 0 bridgehead atoms. The van der Waals surface area contributed by atoms with Gasteiger partial charge in [-0.05, 0) is 13.8 Å². The normalized spacial score (nSPS) is 7.23. The van der Waals surface area contributed by atoms with Gasteiger partial charge in [-0.25, -0.2) is 9.59 Å². The lowest BCUT2D eigenvalue weighted by Gasteiger charge is -1.80. The van der Waals surface area contributed by atoms with Crippen molar-refractivity contribution in [3.05, 3.63) is 30.0 Å². The van der Waals surface area contributed by atoms with Crippen molar-refractivity contribution < 1.29 is 19.8 Å². The van der Waals surface area contributed by atoms with Gasteiger partial charge in [-0.15, -0.1) is 5.73 Å². The van der Waals surface area contributed by atoms with Crippen LogP contribution >= 0.6 is 0 Å². The van der Waals surface area contributed by atoms with Gasteiger partial charge in [0.1, 0.15) is 0 Å². The van der Waals surface area contributed by atoms with Gasteiger partial charge < -0.3 is 10.2 Å². The van der Waals surface area contributed by atoms with Gasteiger partial charge >= 0.3 is 11.9 Å². The highest BCUT2D eigenvalue weighted by Gasteiger charge is 1.93. The Balaban J connectivity index is 0. The molecule has 0 fully saturated rings. The number of carbonyl (C=O) groups is 2. The van der Waals surface area contributed by atoms with Crippen molar-refractivity contribution in [3.8, 4) is 0 Å². The SMILES string of the molecule is C=C(C)C(=O)O.C=C=C(C)C(=O)O.